The largest absolute Gasteiger partial charge is 0.293 e. The van der Waals surface area contributed by atoms with Gasteiger partial charge in [0.25, 0.3) is 0 Å². The average Bonchev–Trinajstić information content (AvgIpc) is 2.26. The van der Waals surface area contributed by atoms with Crippen molar-refractivity contribution in [2.24, 2.45) is 0 Å². The van der Waals surface area contributed by atoms with E-state index in [0.29, 0.717) is 0 Å². The number of benzene rings is 1. The van der Waals surface area contributed by atoms with Crippen LogP contribution in [-0.2, 0) is 0 Å². The van der Waals surface area contributed by atoms with Crippen LogP contribution in [0.5, 0.6) is 0 Å². The lowest BCUT2D eigenvalue weighted by atomic mass is 9.93. The van der Waals surface area contributed by atoms with E-state index in [1.807, 2.05) is 30.3 Å². The maximum Gasteiger partial charge on any atom is 0.117 e. The fourth-order valence-electron chi connectivity index (χ4n) is 1.48. The Kier molecular flexibility index (Phi) is 3.85. The number of hydrogen-bond donors (Lipinski definition) is 0. The molecule has 76 valence electrons. The van der Waals surface area contributed by atoms with Gasteiger partial charge in [-0.3, -0.25) is 4.90 Å². The van der Waals surface area contributed by atoms with Crippen LogP contribution in [0, 0.1) is 22.7 Å². The van der Waals surface area contributed by atoms with E-state index >= 15 is 0 Å². The Hall–Kier alpha value is -1.84. The average molecular weight is 199 g/mol. The Balaban J connectivity index is 3.01. The molecule has 0 fully saturated rings. The molecule has 3 heteroatoms. The highest BCUT2D eigenvalue weighted by Crippen LogP contribution is 2.20. The van der Waals surface area contributed by atoms with Gasteiger partial charge in [0.15, 0.2) is 0 Å². The summed E-state index contributed by atoms with van der Waals surface area (Å²) in [5.74, 6) is -0.397. The molecule has 0 aliphatic heterocycles. The minimum absolute atomic E-state index is 0.397. The van der Waals surface area contributed by atoms with E-state index in [0.717, 1.165) is 5.56 Å². The van der Waals surface area contributed by atoms with Crippen molar-refractivity contribution in [1.82, 2.24) is 4.90 Å². The molecule has 0 saturated heterocycles. The fourth-order valence-corrected chi connectivity index (χ4v) is 1.48. The van der Waals surface area contributed by atoms with Crippen LogP contribution in [0.4, 0.5) is 0 Å². The van der Waals surface area contributed by atoms with E-state index in [-0.39, 0.29) is 0 Å². The van der Waals surface area contributed by atoms with Crippen molar-refractivity contribution < 1.29 is 0 Å². The van der Waals surface area contributed by atoms with Crippen LogP contribution in [0.15, 0.2) is 30.3 Å². The van der Waals surface area contributed by atoms with Gasteiger partial charge in [0.05, 0.1) is 12.1 Å². The van der Waals surface area contributed by atoms with E-state index in [1.54, 1.807) is 19.0 Å². The Morgan fingerprint density at radius 3 is 2.07 bits per heavy atom. The van der Waals surface area contributed by atoms with Crippen LogP contribution in [0.2, 0.25) is 0 Å². The topological polar surface area (TPSA) is 50.8 Å². The molecule has 0 spiro atoms. The van der Waals surface area contributed by atoms with Crippen LogP contribution < -0.4 is 0 Å². The van der Waals surface area contributed by atoms with Crippen molar-refractivity contribution in [2.75, 3.05) is 14.1 Å². The number of likely N-dealkylation sites (N-methyl/N-ethyl adjacent to an activating group) is 1. The minimum Gasteiger partial charge on any atom is -0.293 e. The highest BCUT2D eigenvalue weighted by atomic mass is 15.1. The highest BCUT2D eigenvalue weighted by molar-refractivity contribution is 5.29. The van der Waals surface area contributed by atoms with Gasteiger partial charge in [-0.2, -0.15) is 10.5 Å². The summed E-state index contributed by atoms with van der Waals surface area (Å²) in [4.78, 5) is 1.76. The van der Waals surface area contributed by atoms with Crippen molar-refractivity contribution in [2.45, 2.75) is 12.0 Å². The first kappa shape index (κ1) is 11.2. The summed E-state index contributed by atoms with van der Waals surface area (Å²) in [6.07, 6.45) is 0. The second-order valence-electron chi connectivity index (χ2n) is 3.56. The van der Waals surface area contributed by atoms with Crippen molar-refractivity contribution in [3.05, 3.63) is 35.9 Å². The van der Waals surface area contributed by atoms with Gasteiger partial charge in [0, 0.05) is 0 Å². The first-order valence-electron chi connectivity index (χ1n) is 4.71. The van der Waals surface area contributed by atoms with Crippen LogP contribution >= 0.6 is 0 Å². The number of nitrogens with zero attached hydrogens (tertiary/aromatic N) is 3. The summed E-state index contributed by atoms with van der Waals surface area (Å²) in [5, 5.41) is 18.1. The molecule has 1 rings (SSSR count). The summed E-state index contributed by atoms with van der Waals surface area (Å²) < 4.78 is 0. The molecule has 15 heavy (non-hydrogen) atoms. The summed E-state index contributed by atoms with van der Waals surface area (Å²) in [5.41, 5.74) is 0.889. The van der Waals surface area contributed by atoms with E-state index < -0.39 is 12.0 Å². The lowest BCUT2D eigenvalue weighted by Gasteiger charge is -2.21. The van der Waals surface area contributed by atoms with Crippen LogP contribution in [0.3, 0.4) is 0 Å². The molecule has 0 aliphatic rings. The van der Waals surface area contributed by atoms with Gasteiger partial charge in [-0.25, -0.2) is 0 Å². The molecule has 2 unspecified atom stereocenters. The maximum absolute atomic E-state index is 9.10. The molecule has 1 aromatic rings. The first-order chi connectivity index (χ1) is 7.20. The van der Waals surface area contributed by atoms with Crippen molar-refractivity contribution in [3.63, 3.8) is 0 Å². The normalized spacial score (nSPS) is 13.9. The Bertz CT molecular complexity index is 384. The minimum atomic E-state index is -0.405. The molecular weight excluding hydrogens is 186 g/mol. The van der Waals surface area contributed by atoms with Crippen molar-refractivity contribution >= 4 is 0 Å². The quantitative estimate of drug-likeness (QED) is 0.745. The molecule has 3 nitrogen and oxygen atoms in total. The Morgan fingerprint density at radius 2 is 1.67 bits per heavy atom. The lowest BCUT2D eigenvalue weighted by molar-refractivity contribution is 0.332. The zero-order valence-electron chi connectivity index (χ0n) is 8.88. The van der Waals surface area contributed by atoms with Crippen LogP contribution in [-0.4, -0.2) is 25.0 Å². The van der Waals surface area contributed by atoms with E-state index in [9.17, 15) is 0 Å². The summed E-state index contributed by atoms with van der Waals surface area (Å²) in [7, 11) is 3.61. The van der Waals surface area contributed by atoms with Crippen molar-refractivity contribution in [3.8, 4) is 12.1 Å². The number of hydrogen-bond acceptors (Lipinski definition) is 3. The molecule has 0 aliphatic carbocycles. The van der Waals surface area contributed by atoms with Crippen molar-refractivity contribution in [1.29, 1.82) is 10.5 Å². The van der Waals surface area contributed by atoms with Gasteiger partial charge in [0.2, 0.25) is 0 Å². The second-order valence-corrected chi connectivity index (χ2v) is 3.56. The van der Waals surface area contributed by atoms with Gasteiger partial charge in [0.1, 0.15) is 12.0 Å². The Morgan fingerprint density at radius 1 is 1.07 bits per heavy atom. The number of nitriles is 2. The van der Waals surface area contributed by atoms with Crippen LogP contribution in [0.1, 0.15) is 11.5 Å². The van der Waals surface area contributed by atoms with Crippen LogP contribution in [0.25, 0.3) is 0 Å². The van der Waals surface area contributed by atoms with E-state index in [1.165, 1.54) is 0 Å². The predicted octanol–water partition coefficient (Wildman–Crippen LogP) is 1.75. The molecule has 0 saturated carbocycles. The lowest BCUT2D eigenvalue weighted by Crippen LogP contribution is -2.32. The monoisotopic (exact) mass is 199 g/mol. The standard InChI is InChI=1S/C12H13N3/c1-15(2)12(9-14)11(8-13)10-6-4-3-5-7-10/h3-7,11-12H,1-2H3. The van der Waals surface area contributed by atoms with Gasteiger partial charge >= 0.3 is 0 Å². The number of rotatable bonds is 3. The van der Waals surface area contributed by atoms with Gasteiger partial charge in [-0.05, 0) is 19.7 Å². The van der Waals surface area contributed by atoms with E-state index in [4.69, 9.17) is 10.5 Å². The van der Waals surface area contributed by atoms with Gasteiger partial charge < -0.3 is 0 Å². The summed E-state index contributed by atoms with van der Waals surface area (Å²) in [6.45, 7) is 0. The molecule has 1 aromatic carbocycles. The summed E-state index contributed by atoms with van der Waals surface area (Å²) >= 11 is 0. The zero-order chi connectivity index (χ0) is 11.3. The SMILES string of the molecule is CN(C)C(C#N)C(C#N)c1ccccc1. The molecular formula is C12H13N3. The first-order valence-corrected chi connectivity index (χ1v) is 4.71. The summed E-state index contributed by atoms with van der Waals surface area (Å²) in [6, 6.07) is 13.3. The predicted molar refractivity (Wildman–Crippen MR) is 57.9 cm³/mol. The van der Waals surface area contributed by atoms with Gasteiger partial charge in [-0.15, -0.1) is 0 Å². The zero-order valence-corrected chi connectivity index (χ0v) is 8.88. The second kappa shape index (κ2) is 5.14. The highest BCUT2D eigenvalue weighted by Gasteiger charge is 2.24. The molecule has 0 aromatic heterocycles. The molecule has 0 heterocycles. The smallest absolute Gasteiger partial charge is 0.117 e. The third-order valence-corrected chi connectivity index (χ3v) is 2.30. The third-order valence-electron chi connectivity index (χ3n) is 2.30. The van der Waals surface area contributed by atoms with E-state index in [2.05, 4.69) is 12.1 Å². The maximum atomic E-state index is 9.10. The molecule has 0 bridgehead atoms. The molecule has 0 radical (unpaired) electrons. The molecule has 0 amide bonds. The molecule has 2 atom stereocenters. The third kappa shape index (κ3) is 2.56. The van der Waals surface area contributed by atoms with Gasteiger partial charge in [-0.1, -0.05) is 30.3 Å². The fraction of sp³-hybridized carbons (Fsp3) is 0.333. The Labute approximate surface area is 90.2 Å². The molecule has 0 N–H and O–H groups in total.